The molecule has 2 saturated heterocycles. The van der Waals surface area contributed by atoms with Crippen LogP contribution in [0.4, 0.5) is 0 Å². The molecule has 2 rings (SSSR count). The van der Waals surface area contributed by atoms with E-state index >= 15 is 0 Å². The molecular weight excluding hydrogens is 435 g/mol. The fourth-order valence-corrected chi connectivity index (χ4v) is 4.80. The Kier molecular flexibility index (Phi) is 11.0. The van der Waals surface area contributed by atoms with Crippen LogP contribution in [0, 0.1) is 5.92 Å². The van der Waals surface area contributed by atoms with Crippen molar-refractivity contribution in [2.75, 3.05) is 57.9 Å². The number of nitrogens with zero attached hydrogens (tertiary/aromatic N) is 2. The molecule has 0 bridgehead atoms. The monoisotopic (exact) mass is 470 g/mol. The van der Waals surface area contributed by atoms with Gasteiger partial charge in [-0.1, -0.05) is 13.8 Å². The summed E-state index contributed by atoms with van der Waals surface area (Å²) in [7, 11) is 1.86. The number of rotatable bonds is 7. The lowest BCUT2D eigenvalue weighted by molar-refractivity contribution is -0.0120. The maximum atomic E-state index is 5.53. The second-order valence-corrected chi connectivity index (χ2v) is 8.12. The average molecular weight is 470 g/mol. The standard InChI is InChI=1S/C17H34N4OS.HI/c1-15(2)5-4-7-19-16(18-3)20-13-17(6-12-23-14-17)21-8-10-22-11-9-21;/h15H,4-14H2,1-3H3,(H2,18,19,20);1H. The van der Waals surface area contributed by atoms with Gasteiger partial charge in [-0.15, -0.1) is 24.0 Å². The number of aliphatic imine (C=N–C) groups is 1. The number of morpholine rings is 1. The van der Waals surface area contributed by atoms with E-state index in [1.807, 2.05) is 7.05 Å². The van der Waals surface area contributed by atoms with Crippen LogP contribution in [0.15, 0.2) is 4.99 Å². The van der Waals surface area contributed by atoms with Gasteiger partial charge >= 0.3 is 0 Å². The Labute approximate surface area is 169 Å². The molecule has 2 aliphatic heterocycles. The Morgan fingerprint density at radius 2 is 2.04 bits per heavy atom. The van der Waals surface area contributed by atoms with Crippen LogP contribution in [0.2, 0.25) is 0 Å². The molecule has 24 heavy (non-hydrogen) atoms. The summed E-state index contributed by atoms with van der Waals surface area (Å²) < 4.78 is 5.53. The van der Waals surface area contributed by atoms with Gasteiger partial charge < -0.3 is 15.4 Å². The summed E-state index contributed by atoms with van der Waals surface area (Å²) in [6.07, 6.45) is 3.72. The predicted octanol–water partition coefficient (Wildman–Crippen LogP) is 2.41. The van der Waals surface area contributed by atoms with Gasteiger partial charge in [-0.25, -0.2) is 0 Å². The molecule has 142 valence electrons. The van der Waals surface area contributed by atoms with Crippen LogP contribution >= 0.6 is 35.7 Å². The van der Waals surface area contributed by atoms with E-state index in [2.05, 4.69) is 46.1 Å². The predicted molar refractivity (Wildman–Crippen MR) is 116 cm³/mol. The van der Waals surface area contributed by atoms with Crippen molar-refractivity contribution in [1.82, 2.24) is 15.5 Å². The number of halogens is 1. The first kappa shape index (κ1) is 22.3. The molecule has 0 saturated carbocycles. The molecule has 0 aromatic carbocycles. The first-order valence-electron chi connectivity index (χ1n) is 9.01. The average Bonchev–Trinajstić information content (AvgIpc) is 3.05. The van der Waals surface area contributed by atoms with Gasteiger partial charge in [0.05, 0.1) is 13.2 Å². The Morgan fingerprint density at radius 3 is 2.62 bits per heavy atom. The maximum absolute atomic E-state index is 5.53. The molecule has 0 radical (unpaired) electrons. The number of nitrogens with one attached hydrogen (secondary N) is 2. The Balaban J connectivity index is 0.00000288. The fourth-order valence-electron chi connectivity index (χ4n) is 3.32. The van der Waals surface area contributed by atoms with Gasteiger partial charge in [0.2, 0.25) is 0 Å². The molecule has 0 aromatic rings. The lowest BCUT2D eigenvalue weighted by Crippen LogP contribution is -2.60. The van der Waals surface area contributed by atoms with Crippen molar-refractivity contribution in [3.05, 3.63) is 0 Å². The minimum Gasteiger partial charge on any atom is -0.379 e. The zero-order valence-corrected chi connectivity index (χ0v) is 18.6. The largest absolute Gasteiger partial charge is 0.379 e. The van der Waals surface area contributed by atoms with Crippen molar-refractivity contribution in [2.24, 2.45) is 10.9 Å². The van der Waals surface area contributed by atoms with Crippen LogP contribution in [0.25, 0.3) is 0 Å². The number of ether oxygens (including phenoxy) is 1. The minimum absolute atomic E-state index is 0. The number of guanidine groups is 1. The maximum Gasteiger partial charge on any atom is 0.191 e. The normalized spacial score (nSPS) is 25.6. The van der Waals surface area contributed by atoms with Crippen molar-refractivity contribution in [2.45, 2.75) is 38.6 Å². The van der Waals surface area contributed by atoms with Crippen LogP contribution in [-0.4, -0.2) is 74.3 Å². The summed E-state index contributed by atoms with van der Waals surface area (Å²) >= 11 is 2.08. The zero-order valence-electron chi connectivity index (χ0n) is 15.5. The first-order chi connectivity index (χ1) is 11.2. The van der Waals surface area contributed by atoms with E-state index in [1.54, 1.807) is 0 Å². The topological polar surface area (TPSA) is 48.9 Å². The Morgan fingerprint density at radius 1 is 1.29 bits per heavy atom. The van der Waals surface area contributed by atoms with Crippen LogP contribution in [0.5, 0.6) is 0 Å². The third kappa shape index (κ3) is 6.88. The third-order valence-corrected chi connectivity index (χ3v) is 6.06. The van der Waals surface area contributed by atoms with E-state index in [4.69, 9.17) is 4.74 Å². The highest BCUT2D eigenvalue weighted by molar-refractivity contribution is 14.0. The molecule has 0 amide bonds. The summed E-state index contributed by atoms with van der Waals surface area (Å²) in [6.45, 7) is 10.4. The zero-order chi connectivity index (χ0) is 16.5. The summed E-state index contributed by atoms with van der Waals surface area (Å²) in [5, 5.41) is 7.04. The molecule has 2 heterocycles. The number of hydrogen-bond donors (Lipinski definition) is 2. The molecule has 0 spiro atoms. The fraction of sp³-hybridized carbons (Fsp3) is 0.941. The second-order valence-electron chi connectivity index (χ2n) is 7.01. The van der Waals surface area contributed by atoms with E-state index in [0.29, 0.717) is 0 Å². The smallest absolute Gasteiger partial charge is 0.191 e. The van der Waals surface area contributed by atoms with Gasteiger partial charge in [-0.05, 0) is 30.9 Å². The molecule has 1 unspecified atom stereocenters. The lowest BCUT2D eigenvalue weighted by Gasteiger charge is -2.43. The van der Waals surface area contributed by atoms with Gasteiger partial charge in [0, 0.05) is 44.5 Å². The molecule has 0 aliphatic carbocycles. The van der Waals surface area contributed by atoms with Crippen molar-refractivity contribution in [3.63, 3.8) is 0 Å². The highest BCUT2D eigenvalue weighted by Crippen LogP contribution is 2.33. The van der Waals surface area contributed by atoms with E-state index in [1.165, 1.54) is 30.8 Å². The van der Waals surface area contributed by atoms with Crippen molar-refractivity contribution < 1.29 is 4.74 Å². The van der Waals surface area contributed by atoms with E-state index < -0.39 is 0 Å². The van der Waals surface area contributed by atoms with Crippen molar-refractivity contribution in [1.29, 1.82) is 0 Å². The molecule has 1 atom stereocenters. The van der Waals surface area contributed by atoms with Crippen molar-refractivity contribution in [3.8, 4) is 0 Å². The van der Waals surface area contributed by atoms with E-state index in [-0.39, 0.29) is 29.5 Å². The number of thioether (sulfide) groups is 1. The van der Waals surface area contributed by atoms with Gasteiger partial charge in [0.15, 0.2) is 5.96 Å². The minimum atomic E-state index is 0. The SMILES string of the molecule is CN=C(NCCCC(C)C)NCC1(N2CCOCC2)CCSC1.I. The van der Waals surface area contributed by atoms with Crippen LogP contribution in [0.3, 0.4) is 0 Å². The highest BCUT2D eigenvalue weighted by atomic mass is 127. The molecule has 2 fully saturated rings. The van der Waals surface area contributed by atoms with Gasteiger partial charge in [0.1, 0.15) is 0 Å². The number of hydrogen-bond acceptors (Lipinski definition) is 4. The molecular formula is C17H35IN4OS. The van der Waals surface area contributed by atoms with Gasteiger partial charge in [0.25, 0.3) is 0 Å². The van der Waals surface area contributed by atoms with Gasteiger partial charge in [-0.3, -0.25) is 9.89 Å². The lowest BCUT2D eigenvalue weighted by atomic mass is 9.95. The Hall–Kier alpha value is 0.270. The summed E-state index contributed by atoms with van der Waals surface area (Å²) in [5.74, 6) is 4.19. The Bertz CT molecular complexity index is 370. The molecule has 5 nitrogen and oxygen atoms in total. The highest BCUT2D eigenvalue weighted by Gasteiger charge is 2.40. The second kappa shape index (κ2) is 11.8. The van der Waals surface area contributed by atoms with E-state index in [0.717, 1.165) is 51.3 Å². The summed E-state index contributed by atoms with van der Waals surface area (Å²) in [5.41, 5.74) is 0.268. The van der Waals surface area contributed by atoms with Gasteiger partial charge in [-0.2, -0.15) is 11.8 Å². The van der Waals surface area contributed by atoms with Crippen LogP contribution in [0.1, 0.15) is 33.1 Å². The summed E-state index contributed by atoms with van der Waals surface area (Å²) in [4.78, 5) is 7.02. The van der Waals surface area contributed by atoms with E-state index in [9.17, 15) is 0 Å². The third-order valence-electron chi connectivity index (χ3n) is 4.82. The molecule has 2 N–H and O–H groups in total. The molecule has 0 aromatic heterocycles. The van der Waals surface area contributed by atoms with Crippen molar-refractivity contribution >= 4 is 41.7 Å². The first-order valence-corrected chi connectivity index (χ1v) is 10.2. The molecule has 7 heteroatoms. The summed E-state index contributed by atoms with van der Waals surface area (Å²) in [6, 6.07) is 0. The van der Waals surface area contributed by atoms with Crippen LogP contribution < -0.4 is 10.6 Å². The quantitative estimate of drug-likeness (QED) is 0.259. The molecule has 2 aliphatic rings. The van der Waals surface area contributed by atoms with Crippen LogP contribution in [-0.2, 0) is 4.74 Å².